The molecule has 7 heteroatoms. The second-order valence-electron chi connectivity index (χ2n) is 12.3. The Hall–Kier alpha value is -2.12. The van der Waals surface area contributed by atoms with Crippen molar-refractivity contribution in [2.75, 3.05) is 6.54 Å². The Balaban J connectivity index is 2.17. The van der Waals surface area contributed by atoms with Gasteiger partial charge in [0.05, 0.1) is 10.5 Å². The van der Waals surface area contributed by atoms with Crippen LogP contribution in [0.15, 0.2) is 29.2 Å². The molecule has 0 atom stereocenters. The molecule has 6 nitrogen and oxygen atoms in total. The van der Waals surface area contributed by atoms with Crippen molar-refractivity contribution in [1.29, 1.82) is 0 Å². The highest BCUT2D eigenvalue weighted by atomic mass is 32.2. The van der Waals surface area contributed by atoms with Crippen molar-refractivity contribution in [3.63, 3.8) is 0 Å². The molecule has 0 unspecified atom stereocenters. The molecular weight excluding hydrogens is 470 g/mol. The van der Waals surface area contributed by atoms with Gasteiger partial charge in [-0.3, -0.25) is 4.79 Å². The summed E-state index contributed by atoms with van der Waals surface area (Å²) in [6.07, 6.45) is 6.22. The minimum absolute atomic E-state index is 0.0664. The van der Waals surface area contributed by atoms with Crippen molar-refractivity contribution in [2.24, 2.45) is 5.92 Å². The predicted octanol–water partition coefficient (Wildman–Crippen LogP) is 6.17. The first-order chi connectivity index (χ1) is 16.6. The number of amides is 1. The Morgan fingerprint density at radius 3 is 2.22 bits per heavy atom. The van der Waals surface area contributed by atoms with Crippen LogP contribution in [0.2, 0.25) is 0 Å². The van der Waals surface area contributed by atoms with Gasteiger partial charge < -0.3 is 9.88 Å². The highest BCUT2D eigenvalue weighted by molar-refractivity contribution is 7.89. The summed E-state index contributed by atoms with van der Waals surface area (Å²) < 4.78 is 31.8. The highest BCUT2D eigenvalue weighted by Gasteiger charge is 2.30. The summed E-state index contributed by atoms with van der Waals surface area (Å²) in [7, 11) is -3.71. The van der Waals surface area contributed by atoms with Gasteiger partial charge in [0.1, 0.15) is 0 Å². The molecule has 1 saturated carbocycles. The summed E-state index contributed by atoms with van der Waals surface area (Å²) in [6, 6.07) is 7.60. The van der Waals surface area contributed by atoms with Crippen molar-refractivity contribution in [2.45, 2.75) is 110 Å². The van der Waals surface area contributed by atoms with Crippen LogP contribution in [-0.2, 0) is 22.0 Å². The van der Waals surface area contributed by atoms with Crippen molar-refractivity contribution in [1.82, 2.24) is 14.6 Å². The molecule has 0 spiro atoms. The Morgan fingerprint density at radius 1 is 1.03 bits per heavy atom. The zero-order valence-corrected chi connectivity index (χ0v) is 24.2. The molecule has 0 radical (unpaired) electrons. The number of nitrogens with one attached hydrogen (secondary N) is 2. The molecule has 3 rings (SSSR count). The summed E-state index contributed by atoms with van der Waals surface area (Å²) in [5, 5.41) is 2.94. The minimum Gasteiger partial charge on any atom is -0.352 e. The van der Waals surface area contributed by atoms with Gasteiger partial charge in [0.15, 0.2) is 0 Å². The van der Waals surface area contributed by atoms with Crippen LogP contribution in [0.4, 0.5) is 0 Å². The molecule has 1 aliphatic rings. The van der Waals surface area contributed by atoms with Gasteiger partial charge in [-0.25, -0.2) is 13.1 Å². The second-order valence-corrected chi connectivity index (χ2v) is 14.0. The molecule has 1 heterocycles. The number of nitrogens with zero attached hydrogens (tertiary/aromatic N) is 1. The van der Waals surface area contributed by atoms with E-state index < -0.39 is 21.0 Å². The normalized spacial score (nSPS) is 15.8. The van der Waals surface area contributed by atoms with Crippen LogP contribution in [-0.4, -0.2) is 31.0 Å². The van der Waals surface area contributed by atoms with Gasteiger partial charge in [-0.2, -0.15) is 0 Å². The zero-order chi connectivity index (χ0) is 26.9. The van der Waals surface area contributed by atoms with Crippen LogP contribution >= 0.6 is 0 Å². The fourth-order valence-electron chi connectivity index (χ4n) is 5.20. The maximum Gasteiger partial charge on any atom is 0.253 e. The lowest BCUT2D eigenvalue weighted by atomic mass is 9.85. The van der Waals surface area contributed by atoms with Gasteiger partial charge in [-0.15, -0.1) is 0 Å². The summed E-state index contributed by atoms with van der Waals surface area (Å²) in [4.78, 5) is 13.2. The standard InChI is InChI=1S/C29H45N3O3S/c1-9-30-27(33)23-18-25(32(20(23)2)19-21-13-11-10-12-14-21)22-15-16-26(24(17-22)28(3,4)5)36(34,35)31-29(6,7)8/h15-18,21,31H,9-14,19H2,1-8H3,(H,30,33). The minimum atomic E-state index is -3.71. The first-order valence-electron chi connectivity index (χ1n) is 13.3. The number of rotatable bonds is 7. The monoisotopic (exact) mass is 515 g/mol. The number of benzene rings is 1. The molecular formula is C29H45N3O3S. The van der Waals surface area contributed by atoms with E-state index in [4.69, 9.17) is 0 Å². The lowest BCUT2D eigenvalue weighted by Gasteiger charge is -2.27. The van der Waals surface area contributed by atoms with Crippen molar-refractivity contribution in [3.8, 4) is 11.3 Å². The van der Waals surface area contributed by atoms with E-state index in [9.17, 15) is 13.2 Å². The maximum atomic E-state index is 13.3. The molecule has 1 aromatic heterocycles. The molecule has 1 fully saturated rings. The summed E-state index contributed by atoms with van der Waals surface area (Å²) in [5.74, 6) is 0.520. The first-order valence-corrected chi connectivity index (χ1v) is 14.8. The van der Waals surface area contributed by atoms with E-state index in [-0.39, 0.29) is 5.91 Å². The Morgan fingerprint density at radius 2 is 1.67 bits per heavy atom. The average Bonchev–Trinajstić information content (AvgIpc) is 3.08. The lowest BCUT2D eigenvalue weighted by molar-refractivity contribution is 0.0955. The number of hydrogen-bond acceptors (Lipinski definition) is 3. The number of carbonyl (C=O) groups excluding carboxylic acids is 1. The quantitative estimate of drug-likeness (QED) is 0.463. The smallest absolute Gasteiger partial charge is 0.253 e. The molecule has 1 amide bonds. The van der Waals surface area contributed by atoms with Gasteiger partial charge >= 0.3 is 0 Å². The topological polar surface area (TPSA) is 80.2 Å². The highest BCUT2D eigenvalue weighted by Crippen LogP contribution is 2.36. The fourth-order valence-corrected chi connectivity index (χ4v) is 7.02. The molecule has 1 aromatic carbocycles. The van der Waals surface area contributed by atoms with Crippen molar-refractivity contribution >= 4 is 15.9 Å². The van der Waals surface area contributed by atoms with Crippen LogP contribution in [0.3, 0.4) is 0 Å². The van der Waals surface area contributed by atoms with E-state index in [0.717, 1.165) is 29.1 Å². The van der Waals surface area contributed by atoms with Gasteiger partial charge in [0, 0.05) is 30.0 Å². The number of aromatic nitrogens is 1. The van der Waals surface area contributed by atoms with E-state index >= 15 is 0 Å². The van der Waals surface area contributed by atoms with Gasteiger partial charge in [0.2, 0.25) is 10.0 Å². The van der Waals surface area contributed by atoms with Gasteiger partial charge in [-0.1, -0.05) is 46.1 Å². The van der Waals surface area contributed by atoms with E-state index in [1.165, 1.54) is 32.1 Å². The van der Waals surface area contributed by atoms with E-state index in [2.05, 4.69) is 14.6 Å². The molecule has 0 saturated heterocycles. The molecule has 36 heavy (non-hydrogen) atoms. The number of sulfonamides is 1. The van der Waals surface area contributed by atoms with Crippen LogP contribution in [0.5, 0.6) is 0 Å². The number of hydrogen-bond donors (Lipinski definition) is 2. The van der Waals surface area contributed by atoms with E-state index in [1.807, 2.05) is 73.6 Å². The second kappa shape index (κ2) is 10.7. The van der Waals surface area contributed by atoms with Crippen LogP contribution < -0.4 is 10.0 Å². The average molecular weight is 516 g/mol. The summed E-state index contributed by atoms with van der Waals surface area (Å²) in [5.41, 5.74) is 3.34. The zero-order valence-electron chi connectivity index (χ0n) is 23.4. The Labute approximate surface area is 218 Å². The van der Waals surface area contributed by atoms with Crippen LogP contribution in [0.1, 0.15) is 102 Å². The third-order valence-corrected chi connectivity index (χ3v) is 8.74. The van der Waals surface area contributed by atoms with Crippen molar-refractivity contribution in [3.05, 3.63) is 41.1 Å². The van der Waals surface area contributed by atoms with E-state index in [0.29, 0.717) is 22.9 Å². The Kier molecular flexibility index (Phi) is 8.46. The largest absolute Gasteiger partial charge is 0.352 e. The summed E-state index contributed by atoms with van der Waals surface area (Å²) >= 11 is 0. The van der Waals surface area contributed by atoms with Gasteiger partial charge in [-0.05, 0) is 88.1 Å². The third kappa shape index (κ3) is 6.60. The Bertz CT molecular complexity index is 1190. The molecule has 1 aliphatic carbocycles. The van der Waals surface area contributed by atoms with Gasteiger partial charge in [0.25, 0.3) is 5.91 Å². The molecule has 2 aromatic rings. The maximum absolute atomic E-state index is 13.3. The van der Waals surface area contributed by atoms with Crippen LogP contribution in [0, 0.1) is 12.8 Å². The van der Waals surface area contributed by atoms with Crippen LogP contribution in [0.25, 0.3) is 11.3 Å². The molecule has 0 aliphatic heterocycles. The fraction of sp³-hybridized carbons (Fsp3) is 0.621. The summed E-state index contributed by atoms with van der Waals surface area (Å²) in [6.45, 7) is 17.0. The lowest BCUT2D eigenvalue weighted by Crippen LogP contribution is -2.41. The molecule has 2 N–H and O–H groups in total. The molecule has 200 valence electrons. The SMILES string of the molecule is CCNC(=O)c1cc(-c2ccc(S(=O)(=O)NC(C)(C)C)c(C(C)(C)C)c2)n(CC2CCCCC2)c1C. The third-order valence-electron chi connectivity index (χ3n) is 6.93. The first kappa shape index (κ1) is 28.5. The molecule has 0 bridgehead atoms. The van der Waals surface area contributed by atoms with E-state index in [1.54, 1.807) is 6.07 Å². The number of carbonyl (C=O) groups is 1. The predicted molar refractivity (Wildman–Crippen MR) is 148 cm³/mol. The van der Waals surface area contributed by atoms with Crippen molar-refractivity contribution < 1.29 is 13.2 Å².